The van der Waals surface area contributed by atoms with E-state index < -0.39 is 0 Å². The van der Waals surface area contributed by atoms with Crippen molar-refractivity contribution in [2.75, 3.05) is 11.4 Å². The number of aryl methyl sites for hydroxylation is 1. The summed E-state index contributed by atoms with van der Waals surface area (Å²) in [6, 6.07) is 11.1. The molecule has 19 heavy (non-hydrogen) atoms. The van der Waals surface area contributed by atoms with Crippen molar-refractivity contribution in [2.24, 2.45) is 5.92 Å². The number of benzene rings is 1. The minimum atomic E-state index is 0.144. The Hall–Kier alpha value is -1.49. The molecule has 0 saturated carbocycles. The second-order valence-electron chi connectivity index (χ2n) is 6.17. The molecule has 1 aromatic rings. The van der Waals surface area contributed by atoms with Crippen molar-refractivity contribution < 1.29 is 0 Å². The molecule has 102 valence electrons. The van der Waals surface area contributed by atoms with Crippen LogP contribution < -0.4 is 4.90 Å². The van der Waals surface area contributed by atoms with Gasteiger partial charge in [-0.05, 0) is 50.7 Å². The molecule has 1 aliphatic heterocycles. The minimum absolute atomic E-state index is 0.144. The molecule has 0 radical (unpaired) electrons. The smallest absolute Gasteiger partial charge is 0.0624 e. The summed E-state index contributed by atoms with van der Waals surface area (Å²) in [5, 5.41) is 8.89. The van der Waals surface area contributed by atoms with E-state index in [0.29, 0.717) is 12.3 Å². The van der Waals surface area contributed by atoms with E-state index in [0.717, 1.165) is 25.8 Å². The van der Waals surface area contributed by atoms with Crippen LogP contribution in [-0.4, -0.2) is 12.1 Å². The zero-order valence-corrected chi connectivity index (χ0v) is 12.3. The van der Waals surface area contributed by atoms with Gasteiger partial charge >= 0.3 is 0 Å². The molecule has 1 saturated heterocycles. The van der Waals surface area contributed by atoms with Crippen LogP contribution in [0.5, 0.6) is 0 Å². The van der Waals surface area contributed by atoms with Crippen LogP contribution in [0.2, 0.25) is 0 Å². The van der Waals surface area contributed by atoms with Gasteiger partial charge in [0.05, 0.1) is 6.07 Å². The number of piperidine rings is 1. The lowest BCUT2D eigenvalue weighted by molar-refractivity contribution is 0.276. The first-order chi connectivity index (χ1) is 9.08. The molecular formula is C17H24N2. The maximum absolute atomic E-state index is 8.89. The predicted molar refractivity (Wildman–Crippen MR) is 80.2 cm³/mol. The monoisotopic (exact) mass is 256 g/mol. The largest absolute Gasteiger partial charge is 0.366 e. The van der Waals surface area contributed by atoms with E-state index in [9.17, 15) is 0 Å². The van der Waals surface area contributed by atoms with Gasteiger partial charge in [0.2, 0.25) is 0 Å². The van der Waals surface area contributed by atoms with Gasteiger partial charge in [0.15, 0.2) is 0 Å². The van der Waals surface area contributed by atoms with Crippen LogP contribution in [0.1, 0.15) is 45.6 Å². The third-order valence-corrected chi connectivity index (χ3v) is 4.32. The predicted octanol–water partition coefficient (Wildman–Crippen LogP) is 4.16. The molecule has 0 spiro atoms. The summed E-state index contributed by atoms with van der Waals surface area (Å²) in [6.45, 7) is 7.90. The van der Waals surface area contributed by atoms with Crippen LogP contribution in [0.3, 0.4) is 0 Å². The molecule has 2 rings (SSSR count). The summed E-state index contributed by atoms with van der Waals surface area (Å²) in [4.78, 5) is 2.54. The maximum Gasteiger partial charge on any atom is 0.0624 e. The van der Waals surface area contributed by atoms with Crippen LogP contribution in [0, 0.1) is 17.2 Å². The first-order valence-corrected chi connectivity index (χ1v) is 7.31. The molecule has 0 bridgehead atoms. The Morgan fingerprint density at radius 2 is 2.11 bits per heavy atom. The highest BCUT2D eigenvalue weighted by molar-refractivity contribution is 5.56. The highest BCUT2D eigenvalue weighted by Gasteiger charge is 2.35. The topological polar surface area (TPSA) is 27.0 Å². The number of hydrogen-bond acceptors (Lipinski definition) is 2. The van der Waals surface area contributed by atoms with Crippen molar-refractivity contribution >= 4 is 5.69 Å². The minimum Gasteiger partial charge on any atom is -0.366 e. The van der Waals surface area contributed by atoms with Gasteiger partial charge in [-0.3, -0.25) is 0 Å². The van der Waals surface area contributed by atoms with Gasteiger partial charge in [0, 0.05) is 24.2 Å². The molecule has 0 aromatic heterocycles. The van der Waals surface area contributed by atoms with E-state index in [1.165, 1.54) is 11.3 Å². The fourth-order valence-electron chi connectivity index (χ4n) is 3.36. The van der Waals surface area contributed by atoms with Crippen LogP contribution >= 0.6 is 0 Å². The van der Waals surface area contributed by atoms with Crippen molar-refractivity contribution in [2.45, 2.75) is 52.0 Å². The zero-order valence-electron chi connectivity index (χ0n) is 12.3. The van der Waals surface area contributed by atoms with Crippen LogP contribution in [0.25, 0.3) is 0 Å². The Labute approximate surface area is 117 Å². The molecular weight excluding hydrogens is 232 g/mol. The van der Waals surface area contributed by atoms with Gasteiger partial charge in [0.25, 0.3) is 0 Å². The van der Waals surface area contributed by atoms with E-state index in [-0.39, 0.29) is 5.54 Å². The first kappa shape index (κ1) is 13.9. The second-order valence-corrected chi connectivity index (χ2v) is 6.17. The van der Waals surface area contributed by atoms with Gasteiger partial charge in [-0.15, -0.1) is 0 Å². The summed E-state index contributed by atoms with van der Waals surface area (Å²) in [5.74, 6) is 0.560. The third kappa shape index (κ3) is 2.92. The quantitative estimate of drug-likeness (QED) is 0.812. The number of nitriles is 1. The Balaban J connectivity index is 2.24. The summed E-state index contributed by atoms with van der Waals surface area (Å²) in [6.07, 6.45) is 4.02. The zero-order chi connectivity index (χ0) is 13.9. The van der Waals surface area contributed by atoms with Crippen LogP contribution in [-0.2, 0) is 6.42 Å². The number of hydrogen-bond donors (Lipinski definition) is 0. The molecule has 2 nitrogen and oxygen atoms in total. The molecule has 0 N–H and O–H groups in total. The molecule has 0 aliphatic carbocycles. The van der Waals surface area contributed by atoms with Crippen LogP contribution in [0.15, 0.2) is 24.3 Å². The Morgan fingerprint density at radius 1 is 1.37 bits per heavy atom. The number of anilines is 1. The third-order valence-electron chi connectivity index (χ3n) is 4.32. The van der Waals surface area contributed by atoms with Crippen molar-refractivity contribution in [3.8, 4) is 6.07 Å². The van der Waals surface area contributed by atoms with Gasteiger partial charge < -0.3 is 4.90 Å². The summed E-state index contributed by atoms with van der Waals surface area (Å²) in [5.41, 5.74) is 2.95. The Bertz CT molecular complexity index is 470. The van der Waals surface area contributed by atoms with E-state index in [1.54, 1.807) is 0 Å². The lowest BCUT2D eigenvalue weighted by atomic mass is 9.80. The summed E-state index contributed by atoms with van der Waals surface area (Å²) < 4.78 is 0. The van der Waals surface area contributed by atoms with Crippen molar-refractivity contribution in [3.63, 3.8) is 0 Å². The summed E-state index contributed by atoms with van der Waals surface area (Å²) in [7, 11) is 0. The SMILES string of the molecule is CCc1ccccc1N1CCC(CC#N)CC1(C)C. The lowest BCUT2D eigenvalue weighted by Crippen LogP contribution is -2.50. The molecule has 1 unspecified atom stereocenters. The summed E-state index contributed by atoms with van der Waals surface area (Å²) >= 11 is 0. The Morgan fingerprint density at radius 3 is 2.74 bits per heavy atom. The average molecular weight is 256 g/mol. The van der Waals surface area contributed by atoms with E-state index in [4.69, 9.17) is 5.26 Å². The van der Waals surface area contributed by atoms with Gasteiger partial charge in [-0.1, -0.05) is 25.1 Å². The lowest BCUT2D eigenvalue weighted by Gasteiger charge is -2.47. The molecule has 1 aromatic carbocycles. The number of rotatable bonds is 3. The second kappa shape index (κ2) is 5.65. The highest BCUT2D eigenvalue weighted by Crippen LogP contribution is 2.37. The molecule has 1 aliphatic rings. The average Bonchev–Trinajstić information content (AvgIpc) is 2.38. The normalized spacial score (nSPS) is 22.0. The maximum atomic E-state index is 8.89. The molecule has 1 fully saturated rings. The van der Waals surface area contributed by atoms with E-state index in [1.807, 2.05) is 0 Å². The fourth-order valence-corrected chi connectivity index (χ4v) is 3.36. The van der Waals surface area contributed by atoms with Crippen molar-refractivity contribution in [1.29, 1.82) is 5.26 Å². The van der Waals surface area contributed by atoms with Crippen LogP contribution in [0.4, 0.5) is 5.69 Å². The molecule has 0 amide bonds. The highest BCUT2D eigenvalue weighted by atomic mass is 15.2. The molecule has 1 atom stereocenters. The van der Waals surface area contributed by atoms with Crippen molar-refractivity contribution in [3.05, 3.63) is 29.8 Å². The molecule has 2 heteroatoms. The number of nitrogens with zero attached hydrogens (tertiary/aromatic N) is 2. The van der Waals surface area contributed by atoms with Gasteiger partial charge in [-0.25, -0.2) is 0 Å². The number of para-hydroxylation sites is 1. The van der Waals surface area contributed by atoms with Crippen molar-refractivity contribution in [1.82, 2.24) is 0 Å². The fraction of sp³-hybridized carbons (Fsp3) is 0.588. The van der Waals surface area contributed by atoms with E-state index >= 15 is 0 Å². The van der Waals surface area contributed by atoms with Gasteiger partial charge in [-0.2, -0.15) is 5.26 Å². The Kier molecular flexibility index (Phi) is 4.14. The first-order valence-electron chi connectivity index (χ1n) is 7.31. The standard InChI is InChI=1S/C17H24N2/c1-4-15-7-5-6-8-16(15)19-12-10-14(9-11-18)13-17(19,2)3/h5-8,14H,4,9-10,12-13H2,1-3H3. The van der Waals surface area contributed by atoms with E-state index in [2.05, 4.69) is 56.0 Å². The molecule has 1 heterocycles. The van der Waals surface area contributed by atoms with Gasteiger partial charge in [0.1, 0.15) is 0 Å².